The van der Waals surface area contributed by atoms with E-state index in [0.717, 1.165) is 117 Å². The van der Waals surface area contributed by atoms with Crippen LogP contribution in [0.25, 0.3) is 76.5 Å². The molecule has 5 nitrogen and oxygen atoms in total. The Labute approximate surface area is 474 Å². The van der Waals surface area contributed by atoms with Gasteiger partial charge in [-0.05, 0) is 142 Å². The molecule has 15 aromatic rings. The Hall–Kier alpha value is -10.6. The van der Waals surface area contributed by atoms with Crippen LogP contribution >= 0.6 is 0 Å². The van der Waals surface area contributed by atoms with Crippen molar-refractivity contribution >= 4 is 117 Å². The molecule has 2 aromatic heterocycles. The Kier molecular flexibility index (Phi) is 9.99. The molecule has 0 atom stereocenters. The molecule has 2 aliphatic rings. The van der Waals surface area contributed by atoms with Gasteiger partial charge in [-0.2, -0.15) is 0 Å². The second-order valence-electron chi connectivity index (χ2n) is 21.9. The molecule has 5 heteroatoms. The third kappa shape index (κ3) is 6.39. The Balaban J connectivity index is 1.05. The number of para-hydroxylation sites is 9. The van der Waals surface area contributed by atoms with E-state index in [1.54, 1.807) is 0 Å². The molecule has 0 fully saturated rings. The highest BCUT2D eigenvalue weighted by Gasteiger charge is 2.54. The Morgan fingerprint density at radius 1 is 0.293 bits per heavy atom. The molecule has 386 valence electrons. The minimum absolute atomic E-state index is 0.841. The molecule has 0 N–H and O–H groups in total. The van der Waals surface area contributed by atoms with Crippen molar-refractivity contribution in [2.24, 2.45) is 0 Å². The van der Waals surface area contributed by atoms with Gasteiger partial charge in [0, 0.05) is 49.4 Å². The molecule has 0 saturated heterocycles. The van der Waals surface area contributed by atoms with Gasteiger partial charge in [0.2, 0.25) is 0 Å². The summed E-state index contributed by atoms with van der Waals surface area (Å²) in [5, 5.41) is 8.95. The third-order valence-corrected chi connectivity index (χ3v) is 17.7. The highest BCUT2D eigenvalue weighted by Crippen LogP contribution is 2.67. The van der Waals surface area contributed by atoms with Gasteiger partial charge in [0.15, 0.2) is 11.2 Å². The average molecular weight is 1050 g/mol. The van der Waals surface area contributed by atoms with Crippen molar-refractivity contribution in [3.8, 4) is 11.1 Å². The number of benzene rings is 13. The third-order valence-electron chi connectivity index (χ3n) is 17.7. The number of hydrogen-bond donors (Lipinski definition) is 0. The lowest BCUT2D eigenvalue weighted by Crippen LogP contribution is -2.36. The van der Waals surface area contributed by atoms with Gasteiger partial charge in [-0.3, -0.25) is 0 Å². The molecule has 3 heterocycles. The average Bonchev–Trinajstić information content (AvgIpc) is 1.83. The molecule has 1 aliphatic carbocycles. The van der Waals surface area contributed by atoms with Crippen LogP contribution in [0.3, 0.4) is 0 Å². The quantitative estimate of drug-likeness (QED) is 0.159. The molecule has 13 aromatic carbocycles. The highest BCUT2D eigenvalue weighted by atomic mass is 16.3. The molecule has 82 heavy (non-hydrogen) atoms. The van der Waals surface area contributed by atoms with E-state index in [-0.39, 0.29) is 0 Å². The smallest absolute Gasteiger partial charge is 0.159 e. The van der Waals surface area contributed by atoms with Crippen molar-refractivity contribution in [3.05, 3.63) is 306 Å². The molecule has 1 aliphatic heterocycles. The first-order valence-electron chi connectivity index (χ1n) is 28.3. The Bertz CT molecular complexity index is 4820. The number of fused-ring (bicyclic) bond motifs is 19. The van der Waals surface area contributed by atoms with E-state index < -0.39 is 5.41 Å². The van der Waals surface area contributed by atoms with Crippen LogP contribution in [0.2, 0.25) is 0 Å². The van der Waals surface area contributed by atoms with Gasteiger partial charge in [0.1, 0.15) is 11.2 Å². The van der Waals surface area contributed by atoms with E-state index in [1.165, 1.54) is 44.2 Å². The highest BCUT2D eigenvalue weighted by molar-refractivity contribution is 6.21. The maximum atomic E-state index is 7.01. The first-order valence-corrected chi connectivity index (χ1v) is 28.3. The molecule has 0 amide bonds. The summed E-state index contributed by atoms with van der Waals surface area (Å²) < 4.78 is 14.0. The summed E-state index contributed by atoms with van der Waals surface area (Å²) in [4.78, 5) is 7.43. The van der Waals surface area contributed by atoms with Crippen molar-refractivity contribution < 1.29 is 8.83 Å². The van der Waals surface area contributed by atoms with E-state index in [2.05, 4.69) is 302 Å². The van der Waals surface area contributed by atoms with Crippen LogP contribution in [-0.2, 0) is 5.41 Å². The minimum Gasteiger partial charge on any atom is -0.454 e. The maximum Gasteiger partial charge on any atom is 0.159 e. The number of anilines is 9. The largest absolute Gasteiger partial charge is 0.454 e. The molecule has 1 spiro atoms. The predicted molar refractivity (Wildman–Crippen MR) is 340 cm³/mol. The van der Waals surface area contributed by atoms with Crippen molar-refractivity contribution in [2.45, 2.75) is 19.3 Å². The van der Waals surface area contributed by atoms with Crippen molar-refractivity contribution in [1.82, 2.24) is 0 Å². The fourth-order valence-electron chi connectivity index (χ4n) is 14.3. The number of nitrogens with zero attached hydrogens (tertiary/aromatic N) is 3. The molecular formula is C77H51N3O2. The van der Waals surface area contributed by atoms with E-state index in [9.17, 15) is 0 Å². The normalized spacial score (nSPS) is 13.1. The standard InChI is InChI=1S/C77H51N3O2/c1-48-24-6-16-38-63(48)79(67-42-22-34-57-53-30-12-20-44-71(53)81-75(57)67)69-46-61-73(55-32-10-8-28-51(55)69)74-56-33-11-9-29-52(56)70(80(64-39-17-7-25-49(64)2)68-43-23-35-58-54-31-13-21-45-72(54)82-76(58)68)47-62(74)77(61)59-36-14-18-40-65(59)78(50-26-4-3-5-27-50)66-41-19-15-37-60(66)77/h3-47H,1-2H3. The topological polar surface area (TPSA) is 36.0 Å². The van der Waals surface area contributed by atoms with Crippen molar-refractivity contribution in [1.29, 1.82) is 0 Å². The van der Waals surface area contributed by atoms with E-state index in [0.29, 0.717) is 0 Å². The van der Waals surface area contributed by atoms with Crippen LogP contribution in [0, 0.1) is 13.8 Å². The summed E-state index contributed by atoms with van der Waals surface area (Å²) in [5.41, 5.74) is 21.7. The lowest BCUT2D eigenvalue weighted by atomic mass is 9.64. The molecular weight excluding hydrogens is 999 g/mol. The van der Waals surface area contributed by atoms with Crippen molar-refractivity contribution in [2.75, 3.05) is 14.7 Å². The molecule has 0 bridgehead atoms. The number of furan rings is 2. The predicted octanol–water partition coefficient (Wildman–Crippen LogP) is 21.5. The van der Waals surface area contributed by atoms with Gasteiger partial charge < -0.3 is 23.5 Å². The van der Waals surface area contributed by atoms with Crippen molar-refractivity contribution in [3.63, 3.8) is 0 Å². The fourth-order valence-corrected chi connectivity index (χ4v) is 14.3. The second kappa shape index (κ2) is 17.7. The molecule has 0 saturated carbocycles. The van der Waals surface area contributed by atoms with E-state index in [1.807, 2.05) is 0 Å². The van der Waals surface area contributed by atoms with Gasteiger partial charge >= 0.3 is 0 Å². The van der Waals surface area contributed by atoms with Gasteiger partial charge in [-0.15, -0.1) is 0 Å². The summed E-state index contributed by atoms with van der Waals surface area (Å²) in [6, 6.07) is 100. The Morgan fingerprint density at radius 2 is 0.659 bits per heavy atom. The zero-order valence-electron chi connectivity index (χ0n) is 45.1. The lowest BCUT2D eigenvalue weighted by Gasteiger charge is -2.45. The minimum atomic E-state index is -0.883. The molecule has 17 rings (SSSR count). The SMILES string of the molecule is Cc1ccccc1N(c1cc2c(c3ccccc13)-c1c(cc(N(c3ccccc3C)c3cccc4c3oc3ccccc34)c3ccccc13)C21c2ccccc2N(c2ccccc2)c2ccccc21)c1cccc2c1oc1ccccc12. The second-order valence-corrected chi connectivity index (χ2v) is 21.9. The lowest BCUT2D eigenvalue weighted by molar-refractivity contribution is 0.668. The number of hydrogen-bond acceptors (Lipinski definition) is 5. The summed E-state index contributed by atoms with van der Waals surface area (Å²) in [5.74, 6) is 0. The van der Waals surface area contributed by atoms with Crippen LogP contribution in [0.4, 0.5) is 51.2 Å². The summed E-state index contributed by atoms with van der Waals surface area (Å²) in [6.07, 6.45) is 0. The first kappa shape index (κ1) is 46.3. The molecule has 0 unspecified atom stereocenters. The zero-order chi connectivity index (χ0) is 54.2. The van der Waals surface area contributed by atoms with Crippen LogP contribution < -0.4 is 14.7 Å². The first-order chi connectivity index (χ1) is 40.6. The fraction of sp³-hybridized carbons (Fsp3) is 0.0390. The number of rotatable bonds is 7. The Morgan fingerprint density at radius 3 is 1.13 bits per heavy atom. The van der Waals surface area contributed by atoms with Crippen LogP contribution in [-0.4, -0.2) is 0 Å². The number of aryl methyl sites for hydroxylation is 2. The summed E-state index contributed by atoms with van der Waals surface area (Å²) in [6.45, 7) is 4.44. The summed E-state index contributed by atoms with van der Waals surface area (Å²) in [7, 11) is 0. The maximum absolute atomic E-state index is 7.01. The monoisotopic (exact) mass is 1050 g/mol. The van der Waals surface area contributed by atoms with Crippen LogP contribution in [0.1, 0.15) is 33.4 Å². The van der Waals surface area contributed by atoms with Crippen LogP contribution in [0.5, 0.6) is 0 Å². The van der Waals surface area contributed by atoms with E-state index in [4.69, 9.17) is 8.83 Å². The van der Waals surface area contributed by atoms with Crippen LogP contribution in [0.15, 0.2) is 282 Å². The van der Waals surface area contributed by atoms with E-state index >= 15 is 0 Å². The summed E-state index contributed by atoms with van der Waals surface area (Å²) >= 11 is 0. The zero-order valence-corrected chi connectivity index (χ0v) is 45.1. The molecule has 0 radical (unpaired) electrons. The van der Waals surface area contributed by atoms with Gasteiger partial charge in [-0.1, -0.05) is 200 Å². The van der Waals surface area contributed by atoms with Gasteiger partial charge in [0.25, 0.3) is 0 Å². The van der Waals surface area contributed by atoms with Gasteiger partial charge in [0.05, 0.1) is 39.5 Å². The van der Waals surface area contributed by atoms with Gasteiger partial charge in [-0.25, -0.2) is 0 Å².